The maximum atomic E-state index is 13.4. The summed E-state index contributed by atoms with van der Waals surface area (Å²) in [5, 5.41) is 3.40. The van der Waals surface area contributed by atoms with Gasteiger partial charge in [0.25, 0.3) is 5.91 Å². The van der Waals surface area contributed by atoms with E-state index in [0.29, 0.717) is 24.8 Å². The molecule has 1 aliphatic heterocycles. The number of piperidine rings is 1. The molecule has 0 radical (unpaired) electrons. The average Bonchev–Trinajstić information content (AvgIpc) is 3.29. The second-order valence-corrected chi connectivity index (χ2v) is 9.51. The molecule has 1 aromatic carbocycles. The number of hydrogen-bond donors (Lipinski definition) is 2. The van der Waals surface area contributed by atoms with Crippen molar-refractivity contribution in [2.24, 2.45) is 11.8 Å². The third kappa shape index (κ3) is 5.01. The summed E-state index contributed by atoms with van der Waals surface area (Å²) in [6.45, 7) is 1.45. The molecule has 1 amide bonds. The van der Waals surface area contributed by atoms with Gasteiger partial charge in [-0.25, -0.2) is 4.98 Å². The van der Waals surface area contributed by atoms with Crippen LogP contribution in [0.1, 0.15) is 48.2 Å². The molecule has 1 saturated heterocycles. The van der Waals surface area contributed by atoms with Crippen LogP contribution in [-0.2, 0) is 11.2 Å². The fourth-order valence-corrected chi connectivity index (χ4v) is 5.27. The molecule has 0 bridgehead atoms. The Hall–Kier alpha value is -1.99. The topological polar surface area (TPSA) is 78.1 Å². The van der Waals surface area contributed by atoms with E-state index in [1.165, 1.54) is 25.7 Å². The van der Waals surface area contributed by atoms with E-state index in [0.717, 1.165) is 35.0 Å². The molecule has 30 heavy (non-hydrogen) atoms. The van der Waals surface area contributed by atoms with Gasteiger partial charge in [0.1, 0.15) is 6.29 Å². The van der Waals surface area contributed by atoms with E-state index in [9.17, 15) is 9.59 Å². The summed E-state index contributed by atoms with van der Waals surface area (Å²) in [7, 11) is 0. The van der Waals surface area contributed by atoms with E-state index < -0.39 is 0 Å². The van der Waals surface area contributed by atoms with Gasteiger partial charge >= 0.3 is 0 Å². The van der Waals surface area contributed by atoms with Gasteiger partial charge in [-0.1, -0.05) is 35.2 Å². The van der Waals surface area contributed by atoms with Crippen molar-refractivity contribution in [2.75, 3.05) is 13.1 Å². The van der Waals surface area contributed by atoms with E-state index in [-0.39, 0.29) is 18.0 Å². The predicted molar refractivity (Wildman–Crippen MR) is 119 cm³/mol. The lowest BCUT2D eigenvalue weighted by Crippen LogP contribution is -2.55. The molecule has 2 N–H and O–H groups in total. The lowest BCUT2D eigenvalue weighted by atomic mass is 9.72. The molecule has 2 heterocycles. The number of benzene rings is 1. The highest BCUT2D eigenvalue weighted by Crippen LogP contribution is 2.39. The highest BCUT2D eigenvalue weighted by Gasteiger charge is 2.39. The fourth-order valence-electron chi connectivity index (χ4n) is 5.00. The highest BCUT2D eigenvalue weighted by molar-refractivity contribution is 9.10. The van der Waals surface area contributed by atoms with E-state index in [2.05, 4.69) is 36.1 Å². The minimum atomic E-state index is -0.292. The molecular weight excluding hydrogens is 444 g/mol. The first kappa shape index (κ1) is 21.2. The van der Waals surface area contributed by atoms with Gasteiger partial charge in [0, 0.05) is 47.5 Å². The number of nitrogens with one attached hydrogen (secondary N) is 2. The second kappa shape index (κ2) is 9.88. The minimum Gasteiger partial charge on any atom is -0.348 e. The van der Waals surface area contributed by atoms with Crippen LogP contribution in [0.5, 0.6) is 0 Å². The Kier molecular flexibility index (Phi) is 7.00. The summed E-state index contributed by atoms with van der Waals surface area (Å²) in [4.78, 5) is 34.1. The standard InChI is InChI=1S/C23H29BrN4O2/c24-19-7-5-16(6-8-19)23(30)28-13-18-4-2-1-3-17(18)9-22(28)12-26-21(14-29)10-20-11-25-15-27-20/h5-8,11,14-15,17-18,21-22,26H,1-4,9-10,12-13H2,(H,25,27)/t17-,18-,21+,22-/m1/s1. The van der Waals surface area contributed by atoms with Gasteiger partial charge in [0.05, 0.1) is 12.4 Å². The summed E-state index contributed by atoms with van der Waals surface area (Å²) in [6, 6.07) is 7.41. The first-order chi connectivity index (χ1) is 14.6. The number of aldehydes is 1. The SMILES string of the molecule is O=C[C@H](Cc1cnc[nH]1)NC[C@H]1C[C@H]2CCCC[C@@H]2CN1C(=O)c1ccc(Br)cc1. The number of carbonyl (C=O) groups excluding carboxylic acids is 2. The van der Waals surface area contributed by atoms with Crippen LogP contribution in [0.4, 0.5) is 0 Å². The van der Waals surface area contributed by atoms with Gasteiger partial charge in [-0.15, -0.1) is 0 Å². The molecule has 7 heteroatoms. The molecule has 6 nitrogen and oxygen atoms in total. The van der Waals surface area contributed by atoms with Crippen molar-refractivity contribution >= 4 is 28.1 Å². The molecule has 1 saturated carbocycles. The Bertz CT molecular complexity index is 839. The highest BCUT2D eigenvalue weighted by atomic mass is 79.9. The summed E-state index contributed by atoms with van der Waals surface area (Å²) >= 11 is 3.45. The first-order valence-electron chi connectivity index (χ1n) is 10.9. The van der Waals surface area contributed by atoms with Crippen molar-refractivity contribution in [2.45, 2.75) is 50.6 Å². The Morgan fingerprint density at radius 2 is 2.03 bits per heavy atom. The number of imidazole rings is 1. The molecule has 2 aliphatic rings. The van der Waals surface area contributed by atoms with Crippen molar-refractivity contribution < 1.29 is 9.59 Å². The smallest absolute Gasteiger partial charge is 0.254 e. The molecular formula is C23H29BrN4O2. The molecule has 2 aromatic rings. The van der Waals surface area contributed by atoms with Crippen LogP contribution in [0, 0.1) is 11.8 Å². The number of aromatic nitrogens is 2. The van der Waals surface area contributed by atoms with E-state index in [4.69, 9.17) is 0 Å². The first-order valence-corrected chi connectivity index (χ1v) is 11.7. The van der Waals surface area contributed by atoms with E-state index in [1.54, 1.807) is 12.5 Å². The van der Waals surface area contributed by atoms with Crippen LogP contribution >= 0.6 is 15.9 Å². The molecule has 0 spiro atoms. The number of likely N-dealkylation sites (tertiary alicyclic amines) is 1. The van der Waals surface area contributed by atoms with Gasteiger partial charge < -0.3 is 20.0 Å². The van der Waals surface area contributed by atoms with Crippen LogP contribution in [0.25, 0.3) is 0 Å². The van der Waals surface area contributed by atoms with Crippen molar-refractivity contribution in [1.82, 2.24) is 20.2 Å². The average molecular weight is 473 g/mol. The molecule has 4 atom stereocenters. The number of halogens is 1. The molecule has 1 aliphatic carbocycles. The zero-order valence-corrected chi connectivity index (χ0v) is 18.7. The minimum absolute atomic E-state index is 0.0922. The van der Waals surface area contributed by atoms with Gasteiger partial charge in [-0.05, 0) is 48.9 Å². The summed E-state index contributed by atoms with van der Waals surface area (Å²) in [6.07, 6.45) is 10.9. The maximum Gasteiger partial charge on any atom is 0.254 e. The number of H-pyrrole nitrogens is 1. The Balaban J connectivity index is 1.47. The van der Waals surface area contributed by atoms with Gasteiger partial charge in [-0.2, -0.15) is 0 Å². The zero-order valence-electron chi connectivity index (χ0n) is 17.1. The molecule has 2 fully saturated rings. The van der Waals surface area contributed by atoms with Gasteiger partial charge in [0.15, 0.2) is 0 Å². The van der Waals surface area contributed by atoms with Crippen LogP contribution in [0.2, 0.25) is 0 Å². The third-order valence-electron chi connectivity index (χ3n) is 6.64. The summed E-state index contributed by atoms with van der Waals surface area (Å²) < 4.78 is 0.968. The van der Waals surface area contributed by atoms with Crippen molar-refractivity contribution in [1.29, 1.82) is 0 Å². The van der Waals surface area contributed by atoms with Gasteiger partial charge in [0.2, 0.25) is 0 Å². The predicted octanol–water partition coefficient (Wildman–Crippen LogP) is 3.59. The zero-order chi connectivity index (χ0) is 20.9. The molecule has 0 unspecified atom stereocenters. The maximum absolute atomic E-state index is 13.4. The Labute approximate surface area is 186 Å². The lowest BCUT2D eigenvalue weighted by molar-refractivity contribution is -0.109. The number of fused-ring (bicyclic) bond motifs is 1. The molecule has 4 rings (SSSR count). The monoisotopic (exact) mass is 472 g/mol. The quantitative estimate of drug-likeness (QED) is 0.603. The largest absolute Gasteiger partial charge is 0.348 e. The molecule has 160 valence electrons. The number of nitrogens with zero attached hydrogens (tertiary/aromatic N) is 2. The van der Waals surface area contributed by atoms with Crippen LogP contribution < -0.4 is 5.32 Å². The number of carbonyl (C=O) groups is 2. The lowest BCUT2D eigenvalue weighted by Gasteiger charge is -2.46. The fraction of sp³-hybridized carbons (Fsp3) is 0.522. The van der Waals surface area contributed by atoms with Crippen molar-refractivity contribution in [3.8, 4) is 0 Å². The Morgan fingerprint density at radius 3 is 2.73 bits per heavy atom. The number of hydrogen-bond acceptors (Lipinski definition) is 4. The third-order valence-corrected chi connectivity index (χ3v) is 7.17. The second-order valence-electron chi connectivity index (χ2n) is 8.59. The summed E-state index contributed by atoms with van der Waals surface area (Å²) in [5.41, 5.74) is 1.65. The van der Waals surface area contributed by atoms with Crippen LogP contribution in [-0.4, -0.2) is 52.2 Å². The van der Waals surface area contributed by atoms with E-state index >= 15 is 0 Å². The van der Waals surface area contributed by atoms with Crippen LogP contribution in [0.3, 0.4) is 0 Å². The van der Waals surface area contributed by atoms with Crippen molar-refractivity contribution in [3.63, 3.8) is 0 Å². The van der Waals surface area contributed by atoms with Gasteiger partial charge in [-0.3, -0.25) is 4.79 Å². The number of amides is 1. The Morgan fingerprint density at radius 1 is 1.27 bits per heavy atom. The van der Waals surface area contributed by atoms with Crippen LogP contribution in [0.15, 0.2) is 41.3 Å². The summed E-state index contributed by atoms with van der Waals surface area (Å²) in [5.74, 6) is 1.37. The number of aromatic amines is 1. The van der Waals surface area contributed by atoms with E-state index in [1.807, 2.05) is 24.3 Å². The normalized spacial score (nSPS) is 24.8. The molecule has 1 aromatic heterocycles. The number of rotatable bonds is 7. The van der Waals surface area contributed by atoms with Crippen molar-refractivity contribution in [3.05, 3.63) is 52.5 Å².